The first-order valence-corrected chi connectivity index (χ1v) is 9.17. The van der Waals surface area contributed by atoms with Crippen LogP contribution in [0.1, 0.15) is 45.2 Å². The molecule has 0 unspecified atom stereocenters. The van der Waals surface area contributed by atoms with E-state index in [-0.39, 0.29) is 6.04 Å². The summed E-state index contributed by atoms with van der Waals surface area (Å²) in [5, 5.41) is 0. The Bertz CT molecular complexity index is 533. The third kappa shape index (κ3) is 3.38. The molecule has 1 fully saturated rings. The highest BCUT2D eigenvalue weighted by atomic mass is 35.5. The second-order valence-corrected chi connectivity index (χ2v) is 8.06. The molecule has 114 valence electrons. The molecule has 4 nitrogen and oxygen atoms in total. The molecule has 1 heterocycles. The molecule has 1 aromatic rings. The Morgan fingerprint density at radius 3 is 2.55 bits per heavy atom. The Morgan fingerprint density at radius 2 is 2.05 bits per heavy atom. The number of alkyl halides is 1. The van der Waals surface area contributed by atoms with Gasteiger partial charge in [-0.15, -0.1) is 11.6 Å². The highest BCUT2D eigenvalue weighted by molar-refractivity contribution is 7.89. The monoisotopic (exact) mass is 318 g/mol. The van der Waals surface area contributed by atoms with Crippen molar-refractivity contribution in [3.8, 4) is 0 Å². The van der Waals surface area contributed by atoms with E-state index in [0.717, 1.165) is 31.4 Å². The largest absolute Gasteiger partial charge is 0.363 e. The summed E-state index contributed by atoms with van der Waals surface area (Å²) in [6, 6.07) is 1.79. The van der Waals surface area contributed by atoms with Gasteiger partial charge in [0.25, 0.3) is 0 Å². The first-order valence-electron chi connectivity index (χ1n) is 7.20. The minimum atomic E-state index is -3.43. The van der Waals surface area contributed by atoms with E-state index in [1.807, 2.05) is 0 Å². The standard InChI is InChI=1S/C14H23ClN2O2S/c1-11(2)10-17(13-5-3-4-6-13)20(18,19)14-7-12(8-15)16-9-14/h7,9,11,13,16H,3-6,8,10H2,1-2H3. The van der Waals surface area contributed by atoms with Crippen LogP contribution >= 0.6 is 11.6 Å². The number of rotatable bonds is 6. The Morgan fingerprint density at radius 1 is 1.40 bits per heavy atom. The second kappa shape index (κ2) is 6.50. The minimum absolute atomic E-state index is 0.150. The molecule has 0 bridgehead atoms. The van der Waals surface area contributed by atoms with Gasteiger partial charge in [0.05, 0.1) is 10.8 Å². The molecular weight excluding hydrogens is 296 g/mol. The first-order chi connectivity index (χ1) is 9.45. The van der Waals surface area contributed by atoms with Crippen LogP contribution in [0.25, 0.3) is 0 Å². The highest BCUT2D eigenvalue weighted by Crippen LogP contribution is 2.29. The number of aromatic nitrogens is 1. The second-order valence-electron chi connectivity index (χ2n) is 5.90. The Kier molecular flexibility index (Phi) is 5.15. The van der Waals surface area contributed by atoms with E-state index < -0.39 is 10.0 Å². The van der Waals surface area contributed by atoms with Gasteiger partial charge in [-0.2, -0.15) is 4.31 Å². The molecule has 0 saturated heterocycles. The fraction of sp³-hybridized carbons (Fsp3) is 0.714. The summed E-state index contributed by atoms with van der Waals surface area (Å²) in [6.07, 6.45) is 5.73. The number of hydrogen-bond acceptors (Lipinski definition) is 2. The summed E-state index contributed by atoms with van der Waals surface area (Å²) in [7, 11) is -3.43. The van der Waals surface area contributed by atoms with Crippen LogP contribution in [0.4, 0.5) is 0 Å². The third-order valence-corrected chi connectivity index (χ3v) is 5.93. The third-order valence-electron chi connectivity index (χ3n) is 3.74. The van der Waals surface area contributed by atoms with E-state index in [0.29, 0.717) is 23.2 Å². The minimum Gasteiger partial charge on any atom is -0.363 e. The van der Waals surface area contributed by atoms with Crippen molar-refractivity contribution in [2.45, 2.75) is 56.3 Å². The van der Waals surface area contributed by atoms with E-state index in [1.165, 1.54) is 0 Å². The van der Waals surface area contributed by atoms with Crippen LogP contribution in [0.15, 0.2) is 17.2 Å². The van der Waals surface area contributed by atoms with E-state index in [9.17, 15) is 8.42 Å². The number of hydrogen-bond donors (Lipinski definition) is 1. The summed E-state index contributed by atoms with van der Waals surface area (Å²) in [5.41, 5.74) is 0.737. The lowest BCUT2D eigenvalue weighted by Gasteiger charge is -2.29. The first kappa shape index (κ1) is 15.9. The molecule has 0 aliphatic heterocycles. The summed E-state index contributed by atoms with van der Waals surface area (Å²) in [6.45, 7) is 4.69. The summed E-state index contributed by atoms with van der Waals surface area (Å²) >= 11 is 5.74. The molecule has 1 aliphatic rings. The van der Waals surface area contributed by atoms with Crippen LogP contribution in [0.2, 0.25) is 0 Å². The van der Waals surface area contributed by atoms with Crippen LogP contribution in [-0.4, -0.2) is 30.3 Å². The number of nitrogens with one attached hydrogen (secondary N) is 1. The van der Waals surface area contributed by atoms with Crippen molar-refractivity contribution in [3.05, 3.63) is 18.0 Å². The Hall–Kier alpha value is -0.520. The maximum absolute atomic E-state index is 12.8. The van der Waals surface area contributed by atoms with Gasteiger partial charge in [-0.25, -0.2) is 8.42 Å². The van der Waals surface area contributed by atoms with E-state index in [4.69, 9.17) is 11.6 Å². The fourth-order valence-electron chi connectivity index (χ4n) is 2.78. The van der Waals surface area contributed by atoms with Crippen molar-refractivity contribution in [1.29, 1.82) is 0 Å². The van der Waals surface area contributed by atoms with Gasteiger partial charge >= 0.3 is 0 Å². The summed E-state index contributed by atoms with van der Waals surface area (Å²) in [4.78, 5) is 3.26. The van der Waals surface area contributed by atoms with Crippen LogP contribution in [-0.2, 0) is 15.9 Å². The lowest BCUT2D eigenvalue weighted by molar-refractivity contribution is 0.292. The SMILES string of the molecule is CC(C)CN(C1CCCC1)S(=O)(=O)c1c[nH]c(CCl)c1. The van der Waals surface area contributed by atoms with Crippen molar-refractivity contribution in [1.82, 2.24) is 9.29 Å². The van der Waals surface area contributed by atoms with Crippen molar-refractivity contribution in [3.63, 3.8) is 0 Å². The van der Waals surface area contributed by atoms with Crippen molar-refractivity contribution < 1.29 is 8.42 Å². The predicted molar refractivity (Wildman–Crippen MR) is 81.3 cm³/mol. The van der Waals surface area contributed by atoms with Crippen LogP contribution in [0.5, 0.6) is 0 Å². The van der Waals surface area contributed by atoms with Crippen molar-refractivity contribution in [2.75, 3.05) is 6.54 Å². The maximum Gasteiger partial charge on any atom is 0.244 e. The lowest BCUT2D eigenvalue weighted by Crippen LogP contribution is -2.41. The molecule has 1 N–H and O–H groups in total. The number of halogens is 1. The zero-order chi connectivity index (χ0) is 14.8. The molecule has 0 aromatic carbocycles. The number of sulfonamides is 1. The molecule has 20 heavy (non-hydrogen) atoms. The average Bonchev–Trinajstić information content (AvgIpc) is 3.06. The number of nitrogens with zero attached hydrogens (tertiary/aromatic N) is 1. The fourth-order valence-corrected chi connectivity index (χ4v) is 4.80. The quantitative estimate of drug-likeness (QED) is 0.818. The average molecular weight is 319 g/mol. The summed E-state index contributed by atoms with van der Waals surface area (Å²) < 4.78 is 27.4. The van der Waals surface area contributed by atoms with Gasteiger partial charge in [-0.1, -0.05) is 26.7 Å². The van der Waals surface area contributed by atoms with Gasteiger partial charge < -0.3 is 4.98 Å². The molecule has 0 radical (unpaired) electrons. The molecule has 1 aromatic heterocycles. The van der Waals surface area contributed by atoms with Gasteiger partial charge in [-0.05, 0) is 24.8 Å². The van der Waals surface area contributed by atoms with E-state index in [2.05, 4.69) is 18.8 Å². The normalized spacial score (nSPS) is 17.4. The molecule has 0 spiro atoms. The van der Waals surface area contributed by atoms with Crippen LogP contribution in [0, 0.1) is 5.92 Å². The van der Waals surface area contributed by atoms with Crippen LogP contribution < -0.4 is 0 Å². The van der Waals surface area contributed by atoms with Crippen LogP contribution in [0.3, 0.4) is 0 Å². The van der Waals surface area contributed by atoms with Gasteiger partial charge in [-0.3, -0.25) is 0 Å². The molecule has 0 amide bonds. The molecular formula is C14H23ClN2O2S. The smallest absolute Gasteiger partial charge is 0.244 e. The molecule has 2 rings (SSSR count). The molecule has 1 aliphatic carbocycles. The molecule has 1 saturated carbocycles. The van der Waals surface area contributed by atoms with E-state index >= 15 is 0 Å². The van der Waals surface area contributed by atoms with Crippen molar-refractivity contribution in [2.24, 2.45) is 5.92 Å². The Balaban J connectivity index is 2.29. The zero-order valence-corrected chi connectivity index (χ0v) is 13.7. The maximum atomic E-state index is 12.8. The predicted octanol–water partition coefficient (Wildman–Crippen LogP) is 3.34. The zero-order valence-electron chi connectivity index (χ0n) is 12.1. The lowest BCUT2D eigenvalue weighted by atomic mass is 10.2. The molecule has 6 heteroatoms. The van der Waals surface area contributed by atoms with Gasteiger partial charge in [0.15, 0.2) is 0 Å². The van der Waals surface area contributed by atoms with Gasteiger partial charge in [0, 0.05) is 24.5 Å². The van der Waals surface area contributed by atoms with Gasteiger partial charge in [0.2, 0.25) is 10.0 Å². The Labute approximate surface area is 126 Å². The molecule has 0 atom stereocenters. The van der Waals surface area contributed by atoms with E-state index in [1.54, 1.807) is 16.6 Å². The highest BCUT2D eigenvalue weighted by Gasteiger charge is 2.34. The number of aromatic amines is 1. The summed E-state index contributed by atoms with van der Waals surface area (Å²) in [5.74, 6) is 0.611. The van der Waals surface area contributed by atoms with Crippen molar-refractivity contribution >= 4 is 21.6 Å². The van der Waals surface area contributed by atoms with Gasteiger partial charge in [0.1, 0.15) is 0 Å². The topological polar surface area (TPSA) is 53.2 Å². The number of H-pyrrole nitrogens is 1.